The van der Waals surface area contributed by atoms with Crippen LogP contribution >= 0.6 is 0 Å². The molecule has 0 N–H and O–H groups in total. The lowest BCUT2D eigenvalue weighted by Gasteiger charge is -2.40. The average Bonchev–Trinajstić information content (AvgIpc) is 2.86. The van der Waals surface area contributed by atoms with Crippen molar-refractivity contribution in [3.05, 3.63) is 35.4 Å². The van der Waals surface area contributed by atoms with Crippen molar-refractivity contribution in [2.24, 2.45) is 5.92 Å². The number of rotatable bonds is 3. The third-order valence-corrected chi connectivity index (χ3v) is 6.04. The van der Waals surface area contributed by atoms with E-state index in [1.807, 2.05) is 11.8 Å². The third-order valence-electron chi connectivity index (χ3n) is 6.04. The second-order valence-electron chi connectivity index (χ2n) is 7.58. The van der Waals surface area contributed by atoms with Gasteiger partial charge in [0.25, 0.3) is 0 Å². The number of carbonyl (C=O) groups excluding carboxylic acids is 1. The number of hydrogen-bond acceptors (Lipinski definition) is 3. The fourth-order valence-electron chi connectivity index (χ4n) is 5.01. The van der Waals surface area contributed by atoms with Crippen LogP contribution in [0.15, 0.2) is 24.3 Å². The van der Waals surface area contributed by atoms with Crippen LogP contribution in [-0.2, 0) is 17.7 Å². The van der Waals surface area contributed by atoms with Gasteiger partial charge < -0.3 is 9.64 Å². The first-order chi connectivity index (χ1) is 11.7. The molecule has 2 fully saturated rings. The minimum atomic E-state index is -0.0876. The van der Waals surface area contributed by atoms with Gasteiger partial charge in [0, 0.05) is 31.7 Å². The molecule has 2 bridgehead atoms. The summed E-state index contributed by atoms with van der Waals surface area (Å²) in [6.45, 7) is 5.80. The van der Waals surface area contributed by atoms with Crippen molar-refractivity contribution in [3.63, 3.8) is 0 Å². The Bertz CT molecular complexity index is 589. The van der Waals surface area contributed by atoms with Gasteiger partial charge in [-0.2, -0.15) is 0 Å². The lowest BCUT2D eigenvalue weighted by molar-refractivity contribution is 0.0520. The Labute approximate surface area is 144 Å². The molecule has 4 nitrogen and oxygen atoms in total. The van der Waals surface area contributed by atoms with Gasteiger partial charge in [-0.3, -0.25) is 4.90 Å². The molecular formula is C20H28N2O2. The molecule has 0 spiro atoms. The number of ether oxygens (including phenoxy) is 1. The number of fused-ring (bicyclic) bond motifs is 3. The smallest absolute Gasteiger partial charge is 0.410 e. The minimum absolute atomic E-state index is 0.0876. The van der Waals surface area contributed by atoms with E-state index < -0.39 is 0 Å². The molecule has 2 atom stereocenters. The summed E-state index contributed by atoms with van der Waals surface area (Å²) in [6, 6.07) is 9.66. The quantitative estimate of drug-likeness (QED) is 0.852. The molecule has 4 rings (SSSR count). The lowest BCUT2D eigenvalue weighted by Crippen LogP contribution is -2.49. The van der Waals surface area contributed by atoms with E-state index in [1.54, 1.807) is 0 Å². The molecule has 130 valence electrons. The van der Waals surface area contributed by atoms with Crippen molar-refractivity contribution in [2.45, 2.75) is 57.7 Å². The number of piperidine rings is 1. The molecule has 1 aromatic rings. The Hall–Kier alpha value is -1.55. The molecule has 3 aliphatic heterocycles. The number of benzene rings is 1. The molecule has 1 amide bonds. The molecule has 3 aliphatic rings. The van der Waals surface area contributed by atoms with E-state index in [9.17, 15) is 4.79 Å². The molecule has 0 radical (unpaired) electrons. The van der Waals surface area contributed by atoms with Gasteiger partial charge in [0.05, 0.1) is 6.61 Å². The maximum atomic E-state index is 12.2. The number of hydrogen-bond donors (Lipinski definition) is 0. The molecule has 1 aromatic carbocycles. The van der Waals surface area contributed by atoms with E-state index >= 15 is 0 Å². The maximum Gasteiger partial charge on any atom is 0.410 e. The average molecular weight is 328 g/mol. The molecule has 4 heteroatoms. The second-order valence-corrected chi connectivity index (χ2v) is 7.58. The van der Waals surface area contributed by atoms with Crippen LogP contribution in [0.3, 0.4) is 0 Å². The number of carbonyl (C=O) groups is 1. The largest absolute Gasteiger partial charge is 0.450 e. The van der Waals surface area contributed by atoms with Crippen LogP contribution in [-0.4, -0.2) is 47.7 Å². The van der Waals surface area contributed by atoms with Gasteiger partial charge in [0.1, 0.15) is 0 Å². The molecule has 24 heavy (non-hydrogen) atoms. The van der Waals surface area contributed by atoms with Gasteiger partial charge in [0.2, 0.25) is 0 Å². The Balaban J connectivity index is 1.36. The molecule has 2 saturated heterocycles. The Kier molecular flexibility index (Phi) is 4.49. The highest BCUT2D eigenvalue weighted by atomic mass is 16.6. The maximum absolute atomic E-state index is 12.2. The summed E-state index contributed by atoms with van der Waals surface area (Å²) in [5.41, 5.74) is 3.02. The lowest BCUT2D eigenvalue weighted by atomic mass is 9.89. The topological polar surface area (TPSA) is 32.8 Å². The van der Waals surface area contributed by atoms with Crippen molar-refractivity contribution in [2.75, 3.05) is 19.7 Å². The van der Waals surface area contributed by atoms with Crippen molar-refractivity contribution in [3.8, 4) is 0 Å². The van der Waals surface area contributed by atoms with Crippen LogP contribution in [0.4, 0.5) is 4.79 Å². The SMILES string of the molecule is CCOC(=O)N1C2CCC1CC(CN1CCc3ccccc3C1)C2. The van der Waals surface area contributed by atoms with Crippen molar-refractivity contribution in [1.29, 1.82) is 0 Å². The fourth-order valence-corrected chi connectivity index (χ4v) is 5.01. The predicted octanol–water partition coefficient (Wildman–Crippen LogP) is 3.44. The van der Waals surface area contributed by atoms with Gasteiger partial charge in [-0.25, -0.2) is 4.79 Å². The minimum Gasteiger partial charge on any atom is -0.450 e. The van der Waals surface area contributed by atoms with E-state index in [0.717, 1.165) is 38.1 Å². The first kappa shape index (κ1) is 15.9. The zero-order valence-corrected chi connectivity index (χ0v) is 14.6. The highest BCUT2D eigenvalue weighted by Crippen LogP contribution is 2.39. The Morgan fingerprint density at radius 1 is 1.17 bits per heavy atom. The van der Waals surface area contributed by atoms with E-state index in [0.29, 0.717) is 18.7 Å². The zero-order valence-electron chi connectivity index (χ0n) is 14.6. The van der Waals surface area contributed by atoms with Crippen LogP contribution < -0.4 is 0 Å². The van der Waals surface area contributed by atoms with Crippen molar-refractivity contribution >= 4 is 6.09 Å². The third kappa shape index (κ3) is 3.04. The molecular weight excluding hydrogens is 300 g/mol. The predicted molar refractivity (Wildman–Crippen MR) is 93.8 cm³/mol. The monoisotopic (exact) mass is 328 g/mol. The molecule has 0 saturated carbocycles. The van der Waals surface area contributed by atoms with Gasteiger partial charge in [-0.05, 0) is 56.1 Å². The van der Waals surface area contributed by atoms with Crippen molar-refractivity contribution in [1.82, 2.24) is 9.80 Å². The summed E-state index contributed by atoms with van der Waals surface area (Å²) in [5.74, 6) is 0.721. The standard InChI is InChI=1S/C20H28N2O2/c1-2-24-20(23)22-18-7-8-19(22)12-15(11-18)13-21-10-9-16-5-3-4-6-17(16)14-21/h3-6,15,18-19H,2,7-14H2,1H3. The van der Waals surface area contributed by atoms with E-state index in [-0.39, 0.29) is 6.09 Å². The summed E-state index contributed by atoms with van der Waals surface area (Å²) >= 11 is 0. The Morgan fingerprint density at radius 3 is 2.58 bits per heavy atom. The first-order valence-corrected chi connectivity index (χ1v) is 9.48. The van der Waals surface area contributed by atoms with Crippen LogP contribution in [0, 0.1) is 5.92 Å². The Morgan fingerprint density at radius 2 is 1.88 bits per heavy atom. The second kappa shape index (κ2) is 6.75. The fraction of sp³-hybridized carbons (Fsp3) is 0.650. The van der Waals surface area contributed by atoms with Crippen LogP contribution in [0.2, 0.25) is 0 Å². The van der Waals surface area contributed by atoms with Gasteiger partial charge >= 0.3 is 6.09 Å². The van der Waals surface area contributed by atoms with Crippen LogP contribution in [0.5, 0.6) is 0 Å². The zero-order chi connectivity index (χ0) is 16.5. The first-order valence-electron chi connectivity index (χ1n) is 9.48. The summed E-state index contributed by atoms with van der Waals surface area (Å²) in [5, 5.41) is 0. The molecule has 2 unspecified atom stereocenters. The number of nitrogens with zero attached hydrogens (tertiary/aromatic N) is 2. The number of amides is 1. The van der Waals surface area contributed by atoms with E-state index in [4.69, 9.17) is 4.74 Å². The van der Waals surface area contributed by atoms with Gasteiger partial charge in [-0.15, -0.1) is 0 Å². The van der Waals surface area contributed by atoms with Gasteiger partial charge in [0.15, 0.2) is 0 Å². The van der Waals surface area contributed by atoms with Crippen LogP contribution in [0.1, 0.15) is 43.7 Å². The summed E-state index contributed by atoms with van der Waals surface area (Å²) in [7, 11) is 0. The van der Waals surface area contributed by atoms with E-state index in [1.165, 1.54) is 30.6 Å². The highest BCUT2D eigenvalue weighted by molar-refractivity contribution is 5.69. The van der Waals surface area contributed by atoms with Gasteiger partial charge in [-0.1, -0.05) is 24.3 Å². The normalized spacial score (nSPS) is 29.4. The summed E-state index contributed by atoms with van der Waals surface area (Å²) < 4.78 is 5.26. The van der Waals surface area contributed by atoms with Crippen LogP contribution in [0.25, 0.3) is 0 Å². The molecule has 3 heterocycles. The molecule has 0 aromatic heterocycles. The summed E-state index contributed by atoms with van der Waals surface area (Å²) in [6.07, 6.45) is 5.69. The summed E-state index contributed by atoms with van der Waals surface area (Å²) in [4.78, 5) is 16.9. The molecule has 0 aliphatic carbocycles. The van der Waals surface area contributed by atoms with Crippen molar-refractivity contribution < 1.29 is 9.53 Å². The van der Waals surface area contributed by atoms with E-state index in [2.05, 4.69) is 29.2 Å². The highest BCUT2D eigenvalue weighted by Gasteiger charge is 2.44.